The molecule has 0 saturated heterocycles. The van der Waals surface area contributed by atoms with Gasteiger partial charge in [0.05, 0.1) is 36.9 Å². The van der Waals surface area contributed by atoms with Crippen molar-refractivity contribution in [2.75, 3.05) is 10.6 Å². The molecule has 0 bridgehead atoms. The predicted molar refractivity (Wildman–Crippen MR) is 150 cm³/mol. The first-order valence-corrected chi connectivity index (χ1v) is 13.2. The van der Waals surface area contributed by atoms with Crippen molar-refractivity contribution in [3.63, 3.8) is 0 Å². The quantitative estimate of drug-likeness (QED) is 0.209. The topological polar surface area (TPSA) is 91.5 Å². The molecule has 9 heteroatoms. The van der Waals surface area contributed by atoms with Crippen LogP contribution in [0.1, 0.15) is 68.0 Å². The number of nitriles is 1. The second-order valence-corrected chi connectivity index (χ2v) is 9.85. The molecule has 5 aromatic rings. The van der Waals surface area contributed by atoms with Gasteiger partial charge in [-0.25, -0.2) is 13.5 Å². The van der Waals surface area contributed by atoms with Crippen LogP contribution in [-0.2, 0) is 0 Å². The third-order valence-corrected chi connectivity index (χ3v) is 7.06. The monoisotopic (exact) mass is 536 g/mol. The van der Waals surface area contributed by atoms with Crippen LogP contribution in [0.25, 0.3) is 10.9 Å². The predicted octanol–water partition coefficient (Wildman–Crippen LogP) is 7.08. The lowest BCUT2D eigenvalue weighted by molar-refractivity contribution is 0.610. The summed E-state index contributed by atoms with van der Waals surface area (Å²) in [7, 11) is 0. The van der Waals surface area contributed by atoms with Crippen molar-refractivity contribution in [1.29, 1.82) is 5.26 Å². The molecule has 0 spiro atoms. The number of nitrogens with zero attached hydrogens (tertiary/aromatic N) is 5. The van der Waals surface area contributed by atoms with Gasteiger partial charge < -0.3 is 10.6 Å². The maximum atomic E-state index is 15.6. The van der Waals surface area contributed by atoms with Gasteiger partial charge in [0.2, 0.25) is 0 Å². The van der Waals surface area contributed by atoms with Crippen molar-refractivity contribution in [1.82, 2.24) is 20.0 Å². The standard InChI is InChI=1S/C31H27F2N7/c1-2-27(19-6-4-3-5-7-19)37-29-21(16-34)17-35-31-25(29)14-23(15-26(31)33)36-30(20-8-10-22(32)11-9-20)28-18-40(39-38-28)24-12-13-24/h3-11,14-15,17-18,24,27,30,36H,2,12-13H2,1H3,(H,35,37)/i30D. The minimum Gasteiger partial charge on any atom is -0.377 e. The largest absolute Gasteiger partial charge is 0.377 e. The Morgan fingerprint density at radius 1 is 1.07 bits per heavy atom. The zero-order valence-corrected chi connectivity index (χ0v) is 21.8. The number of hydrogen-bond donors (Lipinski definition) is 2. The normalized spacial score (nSPS) is 15.6. The Bertz CT molecular complexity index is 1750. The molecule has 2 aromatic heterocycles. The van der Waals surface area contributed by atoms with Crippen LogP contribution in [0.5, 0.6) is 0 Å². The summed E-state index contributed by atoms with van der Waals surface area (Å²) in [4.78, 5) is 4.23. The molecule has 2 unspecified atom stereocenters. The van der Waals surface area contributed by atoms with E-state index in [-0.39, 0.29) is 34.5 Å². The van der Waals surface area contributed by atoms with E-state index in [2.05, 4.69) is 32.0 Å². The Hall–Kier alpha value is -4.84. The molecule has 0 amide bonds. The lowest BCUT2D eigenvalue weighted by Crippen LogP contribution is -2.14. The number of halogens is 2. The van der Waals surface area contributed by atoms with Crippen LogP contribution < -0.4 is 10.6 Å². The molecule has 0 aliphatic heterocycles. The molecule has 1 aliphatic rings. The molecule has 1 fully saturated rings. The maximum absolute atomic E-state index is 15.6. The van der Waals surface area contributed by atoms with E-state index >= 15 is 4.39 Å². The van der Waals surface area contributed by atoms with E-state index < -0.39 is 17.7 Å². The zero-order valence-electron chi connectivity index (χ0n) is 22.8. The lowest BCUT2D eigenvalue weighted by atomic mass is 10.0. The maximum Gasteiger partial charge on any atom is 0.151 e. The van der Waals surface area contributed by atoms with E-state index in [1.165, 1.54) is 36.5 Å². The van der Waals surface area contributed by atoms with E-state index in [9.17, 15) is 11.0 Å². The number of nitrogens with one attached hydrogen (secondary N) is 2. The van der Waals surface area contributed by atoms with Crippen LogP contribution in [0.2, 0.25) is 0 Å². The number of hydrogen-bond acceptors (Lipinski definition) is 6. The highest BCUT2D eigenvalue weighted by Gasteiger charge is 2.27. The fourth-order valence-corrected chi connectivity index (χ4v) is 4.81. The Morgan fingerprint density at radius 2 is 1.85 bits per heavy atom. The SMILES string of the molecule is [2H]C(Nc1cc(F)c2ncc(C#N)c(NC(CC)c3ccccc3)c2c1)(c1ccc(F)cc1)c1cn(C2CC2)nn1. The number of fused-ring (bicyclic) bond motifs is 1. The van der Waals surface area contributed by atoms with Crippen molar-refractivity contribution in [2.24, 2.45) is 0 Å². The molecule has 7 nitrogen and oxygen atoms in total. The minimum absolute atomic E-state index is 0.0944. The second kappa shape index (κ2) is 10.7. The van der Waals surface area contributed by atoms with Crippen LogP contribution in [0, 0.1) is 23.0 Å². The highest BCUT2D eigenvalue weighted by molar-refractivity contribution is 5.96. The Balaban J connectivity index is 1.46. The zero-order chi connectivity index (χ0) is 28.6. The van der Waals surface area contributed by atoms with Crippen LogP contribution in [0.4, 0.5) is 20.2 Å². The third-order valence-electron chi connectivity index (χ3n) is 7.06. The van der Waals surface area contributed by atoms with Gasteiger partial charge in [0.1, 0.15) is 23.1 Å². The van der Waals surface area contributed by atoms with Crippen molar-refractivity contribution in [2.45, 2.75) is 44.3 Å². The van der Waals surface area contributed by atoms with Crippen LogP contribution in [0.15, 0.2) is 79.1 Å². The number of anilines is 2. The molecule has 1 saturated carbocycles. The number of benzene rings is 3. The fourth-order valence-electron chi connectivity index (χ4n) is 4.81. The van der Waals surface area contributed by atoms with Gasteiger partial charge in [0.15, 0.2) is 5.82 Å². The summed E-state index contributed by atoms with van der Waals surface area (Å²) in [5.41, 5.74) is 2.80. The molecule has 0 radical (unpaired) electrons. The molecule has 2 heterocycles. The highest BCUT2D eigenvalue weighted by Crippen LogP contribution is 2.37. The summed E-state index contributed by atoms with van der Waals surface area (Å²) < 4.78 is 40.6. The molecule has 1 aliphatic carbocycles. The Morgan fingerprint density at radius 3 is 2.55 bits per heavy atom. The van der Waals surface area contributed by atoms with Gasteiger partial charge in [-0.1, -0.05) is 54.6 Å². The van der Waals surface area contributed by atoms with Gasteiger partial charge in [-0.05, 0) is 54.7 Å². The molecule has 2 atom stereocenters. The summed E-state index contributed by atoms with van der Waals surface area (Å²) in [5, 5.41) is 25.4. The van der Waals surface area contributed by atoms with E-state index in [0.717, 1.165) is 24.8 Å². The summed E-state index contributed by atoms with van der Waals surface area (Å²) in [6.07, 6.45) is 5.75. The average Bonchev–Trinajstić information content (AvgIpc) is 3.72. The van der Waals surface area contributed by atoms with Gasteiger partial charge in [-0.2, -0.15) is 5.26 Å². The fraction of sp³-hybridized carbons (Fsp3) is 0.226. The van der Waals surface area contributed by atoms with Gasteiger partial charge in [0, 0.05) is 17.3 Å². The first-order valence-electron chi connectivity index (χ1n) is 13.7. The minimum atomic E-state index is -1.72. The Kier molecular flexibility index (Phi) is 6.50. The van der Waals surface area contributed by atoms with E-state index in [0.29, 0.717) is 16.6 Å². The first kappa shape index (κ1) is 24.2. The van der Waals surface area contributed by atoms with Gasteiger partial charge in [0.25, 0.3) is 0 Å². The molecule has 2 N–H and O–H groups in total. The van der Waals surface area contributed by atoms with Gasteiger partial charge >= 0.3 is 0 Å². The molecular weight excluding hydrogens is 508 g/mol. The van der Waals surface area contributed by atoms with Crippen molar-refractivity contribution < 1.29 is 10.2 Å². The van der Waals surface area contributed by atoms with Crippen LogP contribution >= 0.6 is 0 Å². The molecule has 200 valence electrons. The molecule has 3 aromatic carbocycles. The van der Waals surface area contributed by atoms with Crippen molar-refractivity contribution in [3.8, 4) is 6.07 Å². The van der Waals surface area contributed by atoms with Gasteiger partial charge in [-0.15, -0.1) is 5.10 Å². The number of aromatic nitrogens is 4. The molecule has 6 rings (SSSR count). The van der Waals surface area contributed by atoms with E-state index in [4.69, 9.17) is 0 Å². The molecule has 40 heavy (non-hydrogen) atoms. The number of pyridine rings is 1. The lowest BCUT2D eigenvalue weighted by Gasteiger charge is -2.22. The summed E-state index contributed by atoms with van der Waals surface area (Å²) in [6, 6.07) is 18.8. The summed E-state index contributed by atoms with van der Waals surface area (Å²) >= 11 is 0. The highest BCUT2D eigenvalue weighted by atomic mass is 19.1. The first-order chi connectivity index (χ1) is 19.9. The second-order valence-electron chi connectivity index (χ2n) is 9.85. The average molecular weight is 537 g/mol. The summed E-state index contributed by atoms with van der Waals surface area (Å²) in [6.45, 7) is 2.03. The van der Waals surface area contributed by atoms with Gasteiger partial charge in [-0.3, -0.25) is 4.98 Å². The molecular formula is C31H27F2N7. The third kappa shape index (κ3) is 5.08. The van der Waals surface area contributed by atoms with Crippen molar-refractivity contribution in [3.05, 3.63) is 113 Å². The summed E-state index contributed by atoms with van der Waals surface area (Å²) in [5.74, 6) is -1.06. The van der Waals surface area contributed by atoms with E-state index in [1.54, 1.807) is 16.9 Å². The van der Waals surface area contributed by atoms with Crippen LogP contribution in [0.3, 0.4) is 0 Å². The number of rotatable bonds is 9. The van der Waals surface area contributed by atoms with Crippen molar-refractivity contribution >= 4 is 22.3 Å². The smallest absolute Gasteiger partial charge is 0.151 e. The van der Waals surface area contributed by atoms with E-state index in [1.807, 2.05) is 37.3 Å². The Labute approximate surface area is 231 Å². The van der Waals surface area contributed by atoms with Crippen LogP contribution in [-0.4, -0.2) is 20.0 Å².